The molecule has 0 aliphatic rings. The third kappa shape index (κ3) is 4.64. The number of ether oxygens (including phenoxy) is 1. The van der Waals surface area contributed by atoms with Gasteiger partial charge in [-0.15, -0.1) is 0 Å². The van der Waals surface area contributed by atoms with Crippen LogP contribution >= 0.6 is 23.8 Å². The first-order valence-corrected chi connectivity index (χ1v) is 7.85. The molecule has 20 heavy (non-hydrogen) atoms. The van der Waals surface area contributed by atoms with Crippen molar-refractivity contribution in [1.29, 1.82) is 0 Å². The Balaban J connectivity index is 3.09. The number of nitrogens with two attached hydrogens (primary N) is 1. The molecule has 112 valence electrons. The van der Waals surface area contributed by atoms with Gasteiger partial charge in [-0.25, -0.2) is 0 Å². The molecule has 0 aromatic heterocycles. The van der Waals surface area contributed by atoms with Crippen molar-refractivity contribution in [1.82, 2.24) is 0 Å². The predicted octanol–water partition coefficient (Wildman–Crippen LogP) is 4.60. The maximum atomic E-state index is 6.31. The molecule has 0 spiro atoms. The van der Waals surface area contributed by atoms with Crippen molar-refractivity contribution in [3.63, 3.8) is 0 Å². The topological polar surface area (TPSA) is 35.2 Å². The average molecular weight is 314 g/mol. The van der Waals surface area contributed by atoms with Gasteiger partial charge in [0.15, 0.2) is 0 Å². The summed E-state index contributed by atoms with van der Waals surface area (Å²) in [4.78, 5) is 0.560. The van der Waals surface area contributed by atoms with Crippen LogP contribution in [-0.4, -0.2) is 11.6 Å². The van der Waals surface area contributed by atoms with E-state index in [1.54, 1.807) is 0 Å². The Morgan fingerprint density at radius 3 is 2.65 bits per heavy atom. The molecule has 0 saturated heterocycles. The smallest absolute Gasteiger partial charge is 0.125 e. The van der Waals surface area contributed by atoms with Gasteiger partial charge in [0.2, 0.25) is 0 Å². The molecule has 1 rings (SSSR count). The Hall–Kier alpha value is -0.800. The second-order valence-electron chi connectivity index (χ2n) is 5.44. The minimum Gasteiger partial charge on any atom is -0.493 e. The minimum atomic E-state index is 0.382. The molecule has 1 aromatic carbocycles. The lowest BCUT2D eigenvalue weighted by Crippen LogP contribution is -2.15. The normalized spacial score (nSPS) is 12.2. The highest BCUT2D eigenvalue weighted by Gasteiger charge is 2.17. The Kier molecular flexibility index (Phi) is 6.77. The Labute approximate surface area is 132 Å². The second-order valence-corrected chi connectivity index (χ2v) is 6.37. The summed E-state index contributed by atoms with van der Waals surface area (Å²) in [5.41, 5.74) is 9.01. The van der Waals surface area contributed by atoms with Crippen LogP contribution in [0, 0.1) is 19.8 Å². The van der Waals surface area contributed by atoms with Crippen LogP contribution in [0.2, 0.25) is 5.02 Å². The fourth-order valence-electron chi connectivity index (χ4n) is 2.33. The molecular weight excluding hydrogens is 290 g/mol. The van der Waals surface area contributed by atoms with Crippen molar-refractivity contribution >= 4 is 28.8 Å². The van der Waals surface area contributed by atoms with Crippen LogP contribution in [0.1, 0.15) is 43.4 Å². The van der Waals surface area contributed by atoms with Crippen molar-refractivity contribution in [2.45, 2.75) is 47.0 Å². The van der Waals surface area contributed by atoms with E-state index in [0.29, 0.717) is 10.9 Å². The number of rotatable bonds is 7. The summed E-state index contributed by atoms with van der Waals surface area (Å²) in [6.45, 7) is 9.06. The molecule has 2 nitrogen and oxygen atoms in total. The van der Waals surface area contributed by atoms with Crippen molar-refractivity contribution in [3.8, 4) is 5.75 Å². The first kappa shape index (κ1) is 17.3. The van der Waals surface area contributed by atoms with Crippen LogP contribution in [0.3, 0.4) is 0 Å². The fourth-order valence-corrected chi connectivity index (χ4v) is 2.89. The van der Waals surface area contributed by atoms with Gasteiger partial charge in [0.1, 0.15) is 5.75 Å². The van der Waals surface area contributed by atoms with E-state index in [9.17, 15) is 0 Å². The zero-order valence-electron chi connectivity index (χ0n) is 12.8. The average Bonchev–Trinajstić information content (AvgIpc) is 2.34. The lowest BCUT2D eigenvalue weighted by molar-refractivity contribution is 0.310. The van der Waals surface area contributed by atoms with Crippen molar-refractivity contribution < 1.29 is 4.74 Å². The van der Waals surface area contributed by atoms with E-state index >= 15 is 0 Å². The molecule has 0 heterocycles. The third-order valence-corrected chi connectivity index (χ3v) is 3.90. The van der Waals surface area contributed by atoms with Gasteiger partial charge >= 0.3 is 0 Å². The second kappa shape index (κ2) is 7.84. The number of hydrogen-bond acceptors (Lipinski definition) is 2. The summed E-state index contributed by atoms with van der Waals surface area (Å²) in [5, 5.41) is 0.795. The van der Waals surface area contributed by atoms with Crippen LogP contribution in [0.4, 0.5) is 0 Å². The molecule has 0 amide bonds. The van der Waals surface area contributed by atoms with Gasteiger partial charge in [0.05, 0.1) is 11.6 Å². The summed E-state index contributed by atoms with van der Waals surface area (Å²) >= 11 is 11.3. The predicted molar refractivity (Wildman–Crippen MR) is 91.0 cm³/mol. The first-order valence-electron chi connectivity index (χ1n) is 7.06. The fraction of sp³-hybridized carbons (Fsp3) is 0.562. The van der Waals surface area contributed by atoms with Crippen LogP contribution in [0.15, 0.2) is 6.07 Å². The third-order valence-electron chi connectivity index (χ3n) is 3.34. The maximum Gasteiger partial charge on any atom is 0.125 e. The molecule has 0 saturated carbocycles. The largest absolute Gasteiger partial charge is 0.493 e. The van der Waals surface area contributed by atoms with Gasteiger partial charge in [-0.1, -0.05) is 37.7 Å². The number of halogens is 1. The van der Waals surface area contributed by atoms with Gasteiger partial charge < -0.3 is 10.5 Å². The van der Waals surface area contributed by atoms with Crippen LogP contribution in [0.5, 0.6) is 5.75 Å². The van der Waals surface area contributed by atoms with Crippen molar-refractivity contribution in [2.24, 2.45) is 11.7 Å². The molecule has 1 atom stereocenters. The number of thiocarbonyl (C=S) groups is 1. The van der Waals surface area contributed by atoms with Gasteiger partial charge in [0.25, 0.3) is 0 Å². The summed E-state index contributed by atoms with van der Waals surface area (Å²) in [5.74, 6) is 1.36. The van der Waals surface area contributed by atoms with Crippen LogP contribution in [-0.2, 0) is 6.42 Å². The molecule has 0 fully saturated rings. The molecule has 0 aliphatic heterocycles. The molecule has 2 N–H and O–H groups in total. The first-order chi connectivity index (χ1) is 9.36. The molecular formula is C16H24ClNOS. The Morgan fingerprint density at radius 2 is 2.10 bits per heavy atom. The molecule has 4 heteroatoms. The zero-order chi connectivity index (χ0) is 15.3. The summed E-state index contributed by atoms with van der Waals surface area (Å²) < 4.78 is 5.94. The highest BCUT2D eigenvalue weighted by atomic mass is 35.5. The van der Waals surface area contributed by atoms with Gasteiger partial charge in [-0.3, -0.25) is 0 Å². The number of aryl methyl sites for hydroxylation is 1. The van der Waals surface area contributed by atoms with E-state index < -0.39 is 0 Å². The van der Waals surface area contributed by atoms with Crippen molar-refractivity contribution in [3.05, 3.63) is 27.8 Å². The van der Waals surface area contributed by atoms with E-state index in [0.717, 1.165) is 47.8 Å². The van der Waals surface area contributed by atoms with E-state index in [1.165, 1.54) is 5.56 Å². The molecule has 0 aliphatic carbocycles. The summed E-state index contributed by atoms with van der Waals surface area (Å²) in [7, 11) is 0. The lowest BCUT2D eigenvalue weighted by atomic mass is 9.92. The Morgan fingerprint density at radius 1 is 1.45 bits per heavy atom. The standard InChI is InChI=1S/C16H24ClNOS/c1-5-6-19-16-11(3)9-14(17)12(4)13(16)7-10(2)8-15(18)20/h9-10H,5-8H2,1-4H3,(H2,18,20). The van der Waals surface area contributed by atoms with Gasteiger partial charge in [-0.05, 0) is 55.4 Å². The molecule has 1 aromatic rings. The summed E-state index contributed by atoms with van der Waals surface area (Å²) in [6.07, 6.45) is 2.61. The van der Waals surface area contributed by atoms with E-state index in [4.69, 9.17) is 34.3 Å². The SMILES string of the molecule is CCCOc1c(C)cc(Cl)c(C)c1CC(C)CC(N)=S. The quantitative estimate of drug-likeness (QED) is 0.747. The molecule has 0 bridgehead atoms. The lowest BCUT2D eigenvalue weighted by Gasteiger charge is -2.20. The van der Waals surface area contributed by atoms with Gasteiger partial charge in [0, 0.05) is 11.4 Å². The maximum absolute atomic E-state index is 6.31. The summed E-state index contributed by atoms with van der Waals surface area (Å²) in [6, 6.07) is 1.98. The monoisotopic (exact) mass is 313 g/mol. The van der Waals surface area contributed by atoms with Crippen molar-refractivity contribution in [2.75, 3.05) is 6.61 Å². The highest BCUT2D eigenvalue weighted by Crippen LogP contribution is 2.34. The number of hydrogen-bond donors (Lipinski definition) is 1. The molecule has 0 radical (unpaired) electrons. The van der Waals surface area contributed by atoms with Gasteiger partial charge in [-0.2, -0.15) is 0 Å². The van der Waals surface area contributed by atoms with Crippen LogP contribution < -0.4 is 10.5 Å². The Bertz CT molecular complexity index is 488. The van der Waals surface area contributed by atoms with E-state index in [1.807, 2.05) is 19.9 Å². The van der Waals surface area contributed by atoms with E-state index in [-0.39, 0.29) is 0 Å². The van der Waals surface area contributed by atoms with Crippen LogP contribution in [0.25, 0.3) is 0 Å². The zero-order valence-corrected chi connectivity index (χ0v) is 14.3. The number of benzene rings is 1. The van der Waals surface area contributed by atoms with E-state index in [2.05, 4.69) is 13.8 Å². The highest BCUT2D eigenvalue weighted by molar-refractivity contribution is 7.80. The molecule has 1 unspecified atom stereocenters. The minimum absolute atomic E-state index is 0.382.